The molecule has 2 saturated heterocycles. The summed E-state index contributed by atoms with van der Waals surface area (Å²) in [5, 5.41) is 6.36. The van der Waals surface area contributed by atoms with Crippen molar-refractivity contribution in [2.75, 3.05) is 19.6 Å². The van der Waals surface area contributed by atoms with Crippen LogP contribution in [0.2, 0.25) is 0 Å². The summed E-state index contributed by atoms with van der Waals surface area (Å²) in [6.45, 7) is 4.43. The molecular formula is C16H23N3O2S. The summed E-state index contributed by atoms with van der Waals surface area (Å²) in [4.78, 5) is 28.4. The minimum absolute atomic E-state index is 0.0141. The zero-order valence-corrected chi connectivity index (χ0v) is 13.7. The quantitative estimate of drug-likeness (QED) is 0.887. The van der Waals surface area contributed by atoms with Gasteiger partial charge < -0.3 is 15.5 Å². The van der Waals surface area contributed by atoms with Crippen molar-refractivity contribution in [1.29, 1.82) is 0 Å². The fourth-order valence-electron chi connectivity index (χ4n) is 3.17. The lowest BCUT2D eigenvalue weighted by atomic mass is 10.0. The molecule has 0 aromatic carbocycles. The number of carbonyl (C=O) groups is 2. The van der Waals surface area contributed by atoms with E-state index in [0.29, 0.717) is 0 Å². The molecule has 2 amide bonds. The van der Waals surface area contributed by atoms with E-state index in [-0.39, 0.29) is 23.9 Å². The van der Waals surface area contributed by atoms with E-state index in [1.54, 1.807) is 0 Å². The van der Waals surface area contributed by atoms with Gasteiger partial charge in [0.05, 0.1) is 10.9 Å². The summed E-state index contributed by atoms with van der Waals surface area (Å²) >= 11 is 1.52. The van der Waals surface area contributed by atoms with Crippen LogP contribution >= 0.6 is 11.3 Å². The number of amides is 2. The van der Waals surface area contributed by atoms with Gasteiger partial charge in [-0.1, -0.05) is 0 Å². The van der Waals surface area contributed by atoms with Crippen molar-refractivity contribution in [3.05, 3.63) is 21.9 Å². The molecule has 2 fully saturated rings. The Labute approximate surface area is 135 Å². The van der Waals surface area contributed by atoms with E-state index in [2.05, 4.69) is 10.6 Å². The van der Waals surface area contributed by atoms with Gasteiger partial charge in [0.15, 0.2) is 0 Å². The number of aryl methyl sites for hydroxylation is 1. The second-order valence-electron chi connectivity index (χ2n) is 6.13. The summed E-state index contributed by atoms with van der Waals surface area (Å²) < 4.78 is 0. The molecule has 0 saturated carbocycles. The topological polar surface area (TPSA) is 61.4 Å². The Kier molecular flexibility index (Phi) is 4.78. The Morgan fingerprint density at radius 2 is 2.05 bits per heavy atom. The predicted molar refractivity (Wildman–Crippen MR) is 87.1 cm³/mol. The Morgan fingerprint density at radius 1 is 1.27 bits per heavy atom. The molecule has 1 aromatic heterocycles. The standard InChI is InChI=1S/C16H23N3O2S/c1-11-4-5-14(22-11)15(20)18-12-6-9-19(10-7-12)16(21)13-3-2-8-17-13/h4-5,12-13,17H,2-3,6-10H2,1H3,(H,18,20). The average Bonchev–Trinajstić information content (AvgIpc) is 3.18. The Morgan fingerprint density at radius 3 is 2.64 bits per heavy atom. The molecule has 120 valence electrons. The van der Waals surface area contributed by atoms with Crippen molar-refractivity contribution < 1.29 is 9.59 Å². The third kappa shape index (κ3) is 3.50. The van der Waals surface area contributed by atoms with E-state index in [1.807, 2.05) is 24.0 Å². The van der Waals surface area contributed by atoms with E-state index >= 15 is 0 Å². The monoisotopic (exact) mass is 321 g/mol. The van der Waals surface area contributed by atoms with Crippen LogP contribution in [-0.2, 0) is 4.79 Å². The number of nitrogens with zero attached hydrogens (tertiary/aromatic N) is 1. The number of hydrogen-bond acceptors (Lipinski definition) is 4. The maximum Gasteiger partial charge on any atom is 0.261 e. The zero-order chi connectivity index (χ0) is 15.5. The summed E-state index contributed by atoms with van der Waals surface area (Å²) in [6.07, 6.45) is 3.72. The molecule has 2 N–H and O–H groups in total. The lowest BCUT2D eigenvalue weighted by Crippen LogP contribution is -2.50. The van der Waals surface area contributed by atoms with Crippen molar-refractivity contribution in [2.24, 2.45) is 0 Å². The number of nitrogens with one attached hydrogen (secondary N) is 2. The van der Waals surface area contributed by atoms with Gasteiger partial charge >= 0.3 is 0 Å². The second kappa shape index (κ2) is 6.79. The highest BCUT2D eigenvalue weighted by atomic mass is 32.1. The van der Waals surface area contributed by atoms with Crippen molar-refractivity contribution in [3.63, 3.8) is 0 Å². The third-order valence-electron chi connectivity index (χ3n) is 4.46. The summed E-state index contributed by atoms with van der Waals surface area (Å²) in [5.41, 5.74) is 0. The van der Waals surface area contributed by atoms with Gasteiger partial charge in [0.2, 0.25) is 5.91 Å². The van der Waals surface area contributed by atoms with Crippen LogP contribution in [0, 0.1) is 6.92 Å². The predicted octanol–water partition coefficient (Wildman–Crippen LogP) is 1.53. The summed E-state index contributed by atoms with van der Waals surface area (Å²) in [5.74, 6) is 0.247. The molecule has 1 unspecified atom stereocenters. The lowest BCUT2D eigenvalue weighted by molar-refractivity contribution is -0.134. The maximum absolute atomic E-state index is 12.3. The molecular weight excluding hydrogens is 298 g/mol. The molecule has 6 heteroatoms. The van der Waals surface area contributed by atoms with Crippen LogP contribution < -0.4 is 10.6 Å². The van der Waals surface area contributed by atoms with Gasteiger partial charge in [-0.3, -0.25) is 9.59 Å². The van der Waals surface area contributed by atoms with Crippen LogP contribution in [0.15, 0.2) is 12.1 Å². The molecule has 2 aliphatic rings. The smallest absolute Gasteiger partial charge is 0.261 e. The van der Waals surface area contributed by atoms with Crippen LogP contribution in [0.1, 0.15) is 40.2 Å². The zero-order valence-electron chi connectivity index (χ0n) is 12.9. The average molecular weight is 321 g/mol. The van der Waals surface area contributed by atoms with Gasteiger partial charge in [-0.15, -0.1) is 11.3 Å². The minimum Gasteiger partial charge on any atom is -0.348 e. The number of rotatable bonds is 3. The van der Waals surface area contributed by atoms with E-state index in [9.17, 15) is 9.59 Å². The Bertz CT molecular complexity index is 543. The molecule has 0 spiro atoms. The lowest BCUT2D eigenvalue weighted by Gasteiger charge is -2.33. The van der Waals surface area contributed by atoms with Gasteiger partial charge in [-0.25, -0.2) is 0 Å². The van der Waals surface area contributed by atoms with Crippen LogP contribution in [0.5, 0.6) is 0 Å². The summed E-state index contributed by atoms with van der Waals surface area (Å²) in [7, 11) is 0. The first-order chi connectivity index (χ1) is 10.6. The van der Waals surface area contributed by atoms with E-state index in [1.165, 1.54) is 11.3 Å². The van der Waals surface area contributed by atoms with Crippen LogP contribution in [0.25, 0.3) is 0 Å². The normalized spacial score (nSPS) is 22.8. The minimum atomic E-state index is 0.0141. The fourth-order valence-corrected chi connectivity index (χ4v) is 3.94. The van der Waals surface area contributed by atoms with E-state index in [0.717, 1.165) is 55.1 Å². The largest absolute Gasteiger partial charge is 0.348 e. The SMILES string of the molecule is Cc1ccc(C(=O)NC2CCN(C(=O)C3CCCN3)CC2)s1. The first-order valence-electron chi connectivity index (χ1n) is 8.03. The number of hydrogen-bond donors (Lipinski definition) is 2. The number of carbonyl (C=O) groups excluding carboxylic acids is 2. The molecule has 2 aliphatic heterocycles. The molecule has 3 rings (SSSR count). The van der Waals surface area contributed by atoms with Crippen molar-refractivity contribution >= 4 is 23.2 Å². The molecule has 1 aromatic rings. The van der Waals surface area contributed by atoms with Gasteiger partial charge in [0, 0.05) is 24.0 Å². The Balaban J connectivity index is 1.47. The van der Waals surface area contributed by atoms with Crippen molar-refractivity contribution in [2.45, 2.75) is 44.7 Å². The number of piperidine rings is 1. The van der Waals surface area contributed by atoms with Crippen LogP contribution in [-0.4, -0.2) is 48.4 Å². The van der Waals surface area contributed by atoms with E-state index in [4.69, 9.17) is 0 Å². The third-order valence-corrected chi connectivity index (χ3v) is 5.46. The number of likely N-dealkylation sites (tertiary alicyclic amines) is 1. The van der Waals surface area contributed by atoms with Gasteiger partial charge in [-0.05, 0) is 51.3 Å². The highest BCUT2D eigenvalue weighted by Crippen LogP contribution is 2.18. The molecule has 0 bridgehead atoms. The van der Waals surface area contributed by atoms with Gasteiger partial charge in [-0.2, -0.15) is 0 Å². The molecule has 0 aliphatic carbocycles. The molecule has 5 nitrogen and oxygen atoms in total. The molecule has 22 heavy (non-hydrogen) atoms. The fraction of sp³-hybridized carbons (Fsp3) is 0.625. The summed E-state index contributed by atoms with van der Waals surface area (Å²) in [6, 6.07) is 4.03. The van der Waals surface area contributed by atoms with E-state index < -0.39 is 0 Å². The first kappa shape index (κ1) is 15.5. The van der Waals surface area contributed by atoms with Crippen molar-refractivity contribution in [1.82, 2.24) is 15.5 Å². The molecule has 3 heterocycles. The number of thiophene rings is 1. The molecule has 1 atom stereocenters. The highest BCUT2D eigenvalue weighted by Gasteiger charge is 2.30. The highest BCUT2D eigenvalue weighted by molar-refractivity contribution is 7.13. The van der Waals surface area contributed by atoms with Gasteiger partial charge in [0.25, 0.3) is 5.91 Å². The first-order valence-corrected chi connectivity index (χ1v) is 8.84. The maximum atomic E-state index is 12.3. The molecule has 0 radical (unpaired) electrons. The Hall–Kier alpha value is -1.40. The second-order valence-corrected chi connectivity index (χ2v) is 7.42. The van der Waals surface area contributed by atoms with Crippen LogP contribution in [0.3, 0.4) is 0 Å². The van der Waals surface area contributed by atoms with Crippen LogP contribution in [0.4, 0.5) is 0 Å². The van der Waals surface area contributed by atoms with Crippen molar-refractivity contribution in [3.8, 4) is 0 Å². The van der Waals surface area contributed by atoms with Gasteiger partial charge in [0.1, 0.15) is 0 Å².